The Kier molecular flexibility index (Phi) is 1.71. The maximum Gasteiger partial charge on any atom is 0.0120 e. The van der Waals surface area contributed by atoms with Crippen molar-refractivity contribution < 1.29 is 0 Å². The van der Waals surface area contributed by atoms with Gasteiger partial charge in [0, 0.05) is 5.92 Å². The molecular weight excluding hydrogens is 192 g/mol. The van der Waals surface area contributed by atoms with Crippen LogP contribution in [0, 0.1) is 5.92 Å². The van der Waals surface area contributed by atoms with E-state index in [1.54, 1.807) is 22.3 Å². The Balaban J connectivity index is 1.99. The highest BCUT2D eigenvalue weighted by molar-refractivity contribution is 5.50. The molecule has 0 nitrogen and oxygen atoms in total. The molecule has 0 amide bonds. The molecule has 0 saturated heterocycles. The fraction of sp³-hybridized carbons (Fsp3) is 0.375. The number of hydrogen-bond acceptors (Lipinski definition) is 0. The lowest BCUT2D eigenvalue weighted by molar-refractivity contribution is 0.456. The van der Waals surface area contributed by atoms with Crippen LogP contribution in [-0.2, 0) is 12.8 Å². The predicted molar refractivity (Wildman–Crippen MR) is 66.5 cm³/mol. The van der Waals surface area contributed by atoms with E-state index in [1.807, 2.05) is 0 Å². The van der Waals surface area contributed by atoms with Crippen molar-refractivity contribution in [3.05, 3.63) is 58.7 Å². The number of aryl methyl sites for hydroxylation is 2. The van der Waals surface area contributed by atoms with Crippen molar-refractivity contribution in [3.8, 4) is 0 Å². The van der Waals surface area contributed by atoms with Crippen molar-refractivity contribution in [1.29, 1.82) is 0 Å². The zero-order valence-corrected chi connectivity index (χ0v) is 9.45. The van der Waals surface area contributed by atoms with Crippen molar-refractivity contribution in [2.45, 2.75) is 31.6 Å². The summed E-state index contributed by atoms with van der Waals surface area (Å²) in [6.07, 6.45) is 12.2. The first-order valence-corrected chi connectivity index (χ1v) is 6.41. The SMILES string of the molecule is C1=CC2CCc3cccc4c3C2C(=C1)CC4. The molecule has 0 aliphatic heterocycles. The molecule has 2 unspecified atom stereocenters. The van der Waals surface area contributed by atoms with Crippen LogP contribution in [0.3, 0.4) is 0 Å². The van der Waals surface area contributed by atoms with E-state index in [0.29, 0.717) is 0 Å². The zero-order valence-electron chi connectivity index (χ0n) is 9.45. The first-order valence-electron chi connectivity index (χ1n) is 6.41. The minimum absolute atomic E-state index is 0.735. The van der Waals surface area contributed by atoms with Crippen LogP contribution in [0.25, 0.3) is 0 Å². The molecule has 2 atom stereocenters. The molecular formula is C16H16. The lowest BCUT2D eigenvalue weighted by Gasteiger charge is -2.40. The summed E-state index contributed by atoms with van der Waals surface area (Å²) < 4.78 is 0. The van der Waals surface area contributed by atoms with Gasteiger partial charge in [-0.1, -0.05) is 42.0 Å². The molecule has 4 rings (SSSR count). The summed E-state index contributed by atoms with van der Waals surface area (Å²) in [6, 6.07) is 6.94. The van der Waals surface area contributed by atoms with Crippen LogP contribution in [0.2, 0.25) is 0 Å². The summed E-state index contributed by atoms with van der Waals surface area (Å²) in [7, 11) is 0. The van der Waals surface area contributed by atoms with Crippen LogP contribution in [-0.4, -0.2) is 0 Å². The zero-order chi connectivity index (χ0) is 10.5. The second kappa shape index (κ2) is 3.10. The van der Waals surface area contributed by atoms with Gasteiger partial charge in [0.2, 0.25) is 0 Å². The molecule has 0 radical (unpaired) electrons. The number of rotatable bonds is 0. The molecule has 0 heterocycles. The Hall–Kier alpha value is -1.30. The minimum atomic E-state index is 0.735. The lowest BCUT2D eigenvalue weighted by atomic mass is 9.64. The first-order chi connectivity index (χ1) is 7.93. The normalized spacial score (nSPS) is 29.6. The van der Waals surface area contributed by atoms with Gasteiger partial charge in [0.05, 0.1) is 0 Å². The maximum absolute atomic E-state index is 2.43. The van der Waals surface area contributed by atoms with Crippen LogP contribution < -0.4 is 0 Å². The average molecular weight is 208 g/mol. The largest absolute Gasteiger partial charge is 0.0805 e. The van der Waals surface area contributed by atoms with Crippen LogP contribution in [0.4, 0.5) is 0 Å². The van der Waals surface area contributed by atoms with E-state index >= 15 is 0 Å². The van der Waals surface area contributed by atoms with Crippen molar-refractivity contribution in [1.82, 2.24) is 0 Å². The summed E-state index contributed by atoms with van der Waals surface area (Å²) in [5.74, 6) is 1.52. The molecule has 1 aromatic carbocycles. The van der Waals surface area contributed by atoms with Gasteiger partial charge in [0.15, 0.2) is 0 Å². The third kappa shape index (κ3) is 1.05. The summed E-state index contributed by atoms with van der Waals surface area (Å²) in [5, 5.41) is 0. The van der Waals surface area contributed by atoms with E-state index < -0.39 is 0 Å². The van der Waals surface area contributed by atoms with Crippen molar-refractivity contribution in [2.24, 2.45) is 5.92 Å². The van der Waals surface area contributed by atoms with Gasteiger partial charge in [-0.05, 0) is 48.3 Å². The van der Waals surface area contributed by atoms with Gasteiger partial charge in [0.25, 0.3) is 0 Å². The highest BCUT2D eigenvalue weighted by atomic mass is 14.4. The van der Waals surface area contributed by atoms with Crippen LogP contribution in [0.1, 0.15) is 35.4 Å². The van der Waals surface area contributed by atoms with Gasteiger partial charge < -0.3 is 0 Å². The third-order valence-electron chi connectivity index (χ3n) is 4.52. The Labute approximate surface area is 96.7 Å². The predicted octanol–water partition coefficient (Wildman–Crippen LogP) is 3.78. The smallest absolute Gasteiger partial charge is 0.0120 e. The molecule has 3 aliphatic rings. The second-order valence-corrected chi connectivity index (χ2v) is 5.30. The van der Waals surface area contributed by atoms with E-state index in [-0.39, 0.29) is 0 Å². The number of hydrogen-bond donors (Lipinski definition) is 0. The van der Waals surface area contributed by atoms with E-state index in [4.69, 9.17) is 0 Å². The maximum atomic E-state index is 2.43. The van der Waals surface area contributed by atoms with E-state index in [0.717, 1.165) is 11.8 Å². The molecule has 3 aliphatic carbocycles. The Bertz CT molecular complexity index is 491. The summed E-state index contributed by atoms with van der Waals surface area (Å²) >= 11 is 0. The van der Waals surface area contributed by atoms with Gasteiger partial charge in [-0.3, -0.25) is 0 Å². The van der Waals surface area contributed by atoms with Crippen molar-refractivity contribution >= 4 is 0 Å². The van der Waals surface area contributed by atoms with Gasteiger partial charge in [0.1, 0.15) is 0 Å². The van der Waals surface area contributed by atoms with Crippen LogP contribution in [0.5, 0.6) is 0 Å². The molecule has 0 heteroatoms. The summed E-state index contributed by atoms with van der Waals surface area (Å²) in [6.45, 7) is 0. The molecule has 1 aromatic rings. The average Bonchev–Trinajstić information content (AvgIpc) is 2.36. The van der Waals surface area contributed by atoms with Crippen LogP contribution in [0.15, 0.2) is 42.0 Å². The van der Waals surface area contributed by atoms with Crippen molar-refractivity contribution in [2.75, 3.05) is 0 Å². The Morgan fingerprint density at radius 2 is 1.88 bits per heavy atom. The fourth-order valence-corrected chi connectivity index (χ4v) is 3.82. The van der Waals surface area contributed by atoms with Crippen molar-refractivity contribution in [3.63, 3.8) is 0 Å². The number of benzene rings is 1. The molecule has 0 aromatic heterocycles. The van der Waals surface area contributed by atoms with E-state index in [9.17, 15) is 0 Å². The van der Waals surface area contributed by atoms with Gasteiger partial charge in [-0.2, -0.15) is 0 Å². The monoisotopic (exact) mass is 208 g/mol. The summed E-state index contributed by atoms with van der Waals surface area (Å²) in [4.78, 5) is 0. The van der Waals surface area contributed by atoms with Gasteiger partial charge >= 0.3 is 0 Å². The summed E-state index contributed by atoms with van der Waals surface area (Å²) in [5.41, 5.74) is 6.63. The lowest BCUT2D eigenvalue weighted by Crippen LogP contribution is -2.27. The minimum Gasteiger partial charge on any atom is -0.0805 e. The van der Waals surface area contributed by atoms with E-state index in [1.165, 1.54) is 25.7 Å². The quantitative estimate of drug-likeness (QED) is 0.608. The Morgan fingerprint density at radius 1 is 1.00 bits per heavy atom. The molecule has 0 fully saturated rings. The molecule has 0 spiro atoms. The first kappa shape index (κ1) is 8.81. The molecule has 0 saturated carbocycles. The third-order valence-corrected chi connectivity index (χ3v) is 4.52. The molecule has 0 N–H and O–H groups in total. The molecule has 80 valence electrons. The molecule has 16 heavy (non-hydrogen) atoms. The highest BCUT2D eigenvalue weighted by Crippen LogP contribution is 2.49. The number of allylic oxidation sites excluding steroid dienone is 4. The second-order valence-electron chi connectivity index (χ2n) is 5.30. The van der Waals surface area contributed by atoms with E-state index in [2.05, 4.69) is 36.4 Å². The highest BCUT2D eigenvalue weighted by Gasteiger charge is 2.35. The standard InChI is InChI=1S/C16H16/c1-3-11-7-9-13-5-2-6-14-10-8-12(4-1)15(11)16(13)14/h1-6,11,15H,7-10H2. The van der Waals surface area contributed by atoms with Gasteiger partial charge in [-0.15, -0.1) is 0 Å². The van der Waals surface area contributed by atoms with Crippen LogP contribution >= 0.6 is 0 Å². The topological polar surface area (TPSA) is 0 Å². The molecule has 0 bridgehead atoms. The fourth-order valence-electron chi connectivity index (χ4n) is 3.82. The Morgan fingerprint density at radius 3 is 2.81 bits per heavy atom. The van der Waals surface area contributed by atoms with Gasteiger partial charge in [-0.25, -0.2) is 0 Å².